The summed E-state index contributed by atoms with van der Waals surface area (Å²) in [6.45, 7) is 5.89. The smallest absolute Gasteiger partial charge is 0.229 e. The van der Waals surface area contributed by atoms with Gasteiger partial charge in [0.15, 0.2) is 0 Å². The molecule has 90 valence electrons. The molecule has 16 heavy (non-hydrogen) atoms. The van der Waals surface area contributed by atoms with Crippen molar-refractivity contribution in [1.29, 1.82) is 0 Å². The zero-order valence-corrected chi connectivity index (χ0v) is 9.62. The summed E-state index contributed by atoms with van der Waals surface area (Å²) in [5.74, 6) is 1.50. The fraction of sp³-hybridized carbons (Fsp3) is 0.667. The van der Waals surface area contributed by atoms with Gasteiger partial charge in [0.1, 0.15) is 0 Å². The maximum absolute atomic E-state index is 8.71. The van der Waals surface area contributed by atoms with E-state index in [1.54, 1.807) is 0 Å². The summed E-state index contributed by atoms with van der Waals surface area (Å²) in [6.07, 6.45) is 0. The third kappa shape index (κ3) is 3.85. The van der Waals surface area contributed by atoms with E-state index in [2.05, 4.69) is 30.9 Å². The molecule has 0 fully saturated rings. The molecule has 0 saturated heterocycles. The van der Waals surface area contributed by atoms with Crippen LogP contribution in [0.25, 0.3) is 0 Å². The van der Waals surface area contributed by atoms with Crippen molar-refractivity contribution >= 4 is 17.8 Å². The molecule has 0 spiro atoms. The first-order chi connectivity index (χ1) is 7.80. The van der Waals surface area contributed by atoms with E-state index < -0.39 is 0 Å². The molecule has 1 aromatic heterocycles. The van der Waals surface area contributed by atoms with Gasteiger partial charge in [-0.25, -0.2) is 0 Å². The highest BCUT2D eigenvalue weighted by molar-refractivity contribution is 5.41. The lowest BCUT2D eigenvalue weighted by Crippen LogP contribution is -2.14. The molecule has 1 rings (SSSR count). The first-order valence-electron chi connectivity index (χ1n) is 5.38. The standard InChI is InChI=1S/C9H18N6O/c1-3-10-7-13-8(11-4-2)15-9(14-7)12-5-6-16/h16H,3-6H2,1-2H3,(H3,10,11,12,13,14,15). The maximum atomic E-state index is 8.71. The molecule has 0 saturated carbocycles. The van der Waals surface area contributed by atoms with Gasteiger partial charge in [-0.3, -0.25) is 0 Å². The van der Waals surface area contributed by atoms with E-state index in [1.165, 1.54) is 0 Å². The monoisotopic (exact) mass is 226 g/mol. The Balaban J connectivity index is 2.80. The molecule has 1 aromatic rings. The molecule has 4 N–H and O–H groups in total. The Labute approximate surface area is 94.7 Å². The van der Waals surface area contributed by atoms with E-state index in [-0.39, 0.29) is 6.61 Å². The van der Waals surface area contributed by atoms with Crippen LogP contribution in [0.1, 0.15) is 13.8 Å². The molecule has 0 aliphatic heterocycles. The number of hydrogen-bond acceptors (Lipinski definition) is 7. The SMILES string of the molecule is CCNc1nc(NCC)nc(NCCO)n1. The second kappa shape index (κ2) is 6.78. The van der Waals surface area contributed by atoms with Crippen molar-refractivity contribution in [2.75, 3.05) is 42.2 Å². The van der Waals surface area contributed by atoms with E-state index in [1.807, 2.05) is 13.8 Å². The highest BCUT2D eigenvalue weighted by Crippen LogP contribution is 2.08. The fourth-order valence-electron chi connectivity index (χ4n) is 1.10. The van der Waals surface area contributed by atoms with Gasteiger partial charge in [-0.2, -0.15) is 15.0 Å². The van der Waals surface area contributed by atoms with Crippen molar-refractivity contribution < 1.29 is 5.11 Å². The summed E-state index contributed by atoms with van der Waals surface area (Å²) in [5, 5.41) is 17.6. The quantitative estimate of drug-likeness (QED) is 0.525. The van der Waals surface area contributed by atoms with Gasteiger partial charge in [0.05, 0.1) is 6.61 Å². The minimum absolute atomic E-state index is 0.0404. The summed E-state index contributed by atoms with van der Waals surface area (Å²) in [5.41, 5.74) is 0. The first kappa shape index (κ1) is 12.4. The molecule has 0 unspecified atom stereocenters. The van der Waals surface area contributed by atoms with E-state index in [9.17, 15) is 0 Å². The van der Waals surface area contributed by atoms with Crippen molar-refractivity contribution in [3.8, 4) is 0 Å². The van der Waals surface area contributed by atoms with Crippen LogP contribution in [0.3, 0.4) is 0 Å². The largest absolute Gasteiger partial charge is 0.395 e. The Morgan fingerprint density at radius 2 is 1.31 bits per heavy atom. The number of aliphatic hydroxyl groups excluding tert-OH is 1. The van der Waals surface area contributed by atoms with Crippen LogP contribution in [-0.4, -0.2) is 46.3 Å². The Morgan fingerprint density at radius 3 is 1.69 bits per heavy atom. The van der Waals surface area contributed by atoms with Crippen LogP contribution in [-0.2, 0) is 0 Å². The first-order valence-corrected chi connectivity index (χ1v) is 5.38. The van der Waals surface area contributed by atoms with Crippen molar-refractivity contribution in [1.82, 2.24) is 15.0 Å². The van der Waals surface area contributed by atoms with Gasteiger partial charge in [0, 0.05) is 19.6 Å². The van der Waals surface area contributed by atoms with Crippen LogP contribution in [0, 0.1) is 0 Å². The average Bonchev–Trinajstić information content (AvgIpc) is 2.27. The number of hydrogen-bond donors (Lipinski definition) is 4. The van der Waals surface area contributed by atoms with E-state index >= 15 is 0 Å². The highest BCUT2D eigenvalue weighted by Gasteiger charge is 2.04. The molecule has 0 aliphatic rings. The third-order valence-corrected chi connectivity index (χ3v) is 1.70. The van der Waals surface area contributed by atoms with E-state index in [0.29, 0.717) is 24.4 Å². The Morgan fingerprint density at radius 1 is 0.875 bits per heavy atom. The normalized spacial score (nSPS) is 9.94. The fourth-order valence-corrected chi connectivity index (χ4v) is 1.10. The number of aromatic nitrogens is 3. The Kier molecular flexibility index (Phi) is 5.27. The molecular formula is C9H18N6O. The minimum atomic E-state index is 0.0404. The second-order valence-electron chi connectivity index (χ2n) is 3.02. The average molecular weight is 226 g/mol. The number of nitrogens with zero attached hydrogens (tertiary/aromatic N) is 3. The molecule has 0 bridgehead atoms. The summed E-state index contributed by atoms with van der Waals surface area (Å²) < 4.78 is 0. The van der Waals surface area contributed by atoms with Gasteiger partial charge in [-0.05, 0) is 13.8 Å². The number of nitrogens with one attached hydrogen (secondary N) is 3. The van der Waals surface area contributed by atoms with Crippen LogP contribution in [0.15, 0.2) is 0 Å². The van der Waals surface area contributed by atoms with Gasteiger partial charge in [0.2, 0.25) is 17.8 Å². The van der Waals surface area contributed by atoms with Crippen LogP contribution in [0.4, 0.5) is 17.8 Å². The summed E-state index contributed by atoms with van der Waals surface area (Å²) >= 11 is 0. The van der Waals surface area contributed by atoms with Crippen molar-refractivity contribution in [3.63, 3.8) is 0 Å². The predicted octanol–water partition coefficient (Wildman–Crippen LogP) is 0.139. The minimum Gasteiger partial charge on any atom is -0.395 e. The maximum Gasteiger partial charge on any atom is 0.229 e. The van der Waals surface area contributed by atoms with Gasteiger partial charge in [0.25, 0.3) is 0 Å². The molecule has 0 aromatic carbocycles. The number of rotatable bonds is 7. The summed E-state index contributed by atoms with van der Waals surface area (Å²) in [7, 11) is 0. The van der Waals surface area contributed by atoms with Crippen LogP contribution >= 0.6 is 0 Å². The molecule has 1 heterocycles. The molecule has 7 heteroatoms. The molecular weight excluding hydrogens is 208 g/mol. The van der Waals surface area contributed by atoms with Crippen LogP contribution in [0.2, 0.25) is 0 Å². The van der Waals surface area contributed by atoms with E-state index in [0.717, 1.165) is 13.1 Å². The Bertz CT molecular complexity index is 295. The van der Waals surface area contributed by atoms with Gasteiger partial charge in [-0.1, -0.05) is 0 Å². The van der Waals surface area contributed by atoms with Crippen molar-refractivity contribution in [3.05, 3.63) is 0 Å². The van der Waals surface area contributed by atoms with Gasteiger partial charge >= 0.3 is 0 Å². The molecule has 0 radical (unpaired) electrons. The molecule has 0 aliphatic carbocycles. The summed E-state index contributed by atoms with van der Waals surface area (Å²) in [6, 6.07) is 0. The van der Waals surface area contributed by atoms with Gasteiger partial charge in [-0.15, -0.1) is 0 Å². The topological polar surface area (TPSA) is 95.0 Å². The zero-order valence-electron chi connectivity index (χ0n) is 9.62. The number of aliphatic hydroxyl groups is 1. The lowest BCUT2D eigenvalue weighted by Gasteiger charge is -2.08. The summed E-state index contributed by atoms with van der Waals surface area (Å²) in [4.78, 5) is 12.5. The predicted molar refractivity (Wildman–Crippen MR) is 63.7 cm³/mol. The molecule has 7 nitrogen and oxygen atoms in total. The van der Waals surface area contributed by atoms with Gasteiger partial charge < -0.3 is 21.1 Å². The van der Waals surface area contributed by atoms with Crippen molar-refractivity contribution in [2.45, 2.75) is 13.8 Å². The van der Waals surface area contributed by atoms with E-state index in [4.69, 9.17) is 5.11 Å². The second-order valence-corrected chi connectivity index (χ2v) is 3.02. The lowest BCUT2D eigenvalue weighted by atomic mass is 10.6. The highest BCUT2D eigenvalue weighted by atomic mass is 16.3. The van der Waals surface area contributed by atoms with Crippen molar-refractivity contribution in [2.24, 2.45) is 0 Å². The third-order valence-electron chi connectivity index (χ3n) is 1.70. The zero-order chi connectivity index (χ0) is 11.8. The Hall–Kier alpha value is -1.63. The molecule has 0 amide bonds. The molecule has 0 atom stereocenters. The van der Waals surface area contributed by atoms with Crippen LogP contribution in [0.5, 0.6) is 0 Å². The number of anilines is 3. The lowest BCUT2D eigenvalue weighted by molar-refractivity contribution is 0.311. The van der Waals surface area contributed by atoms with Crippen LogP contribution < -0.4 is 16.0 Å².